The maximum Gasteiger partial charge on any atom is 0.134 e. The van der Waals surface area contributed by atoms with Gasteiger partial charge < -0.3 is 4.74 Å². The van der Waals surface area contributed by atoms with Gasteiger partial charge in [0.1, 0.15) is 5.76 Å². The number of nitriles is 1. The molecule has 3 aromatic rings. The van der Waals surface area contributed by atoms with Crippen LogP contribution in [0.1, 0.15) is 28.7 Å². The fourth-order valence-corrected chi connectivity index (χ4v) is 4.05. The van der Waals surface area contributed by atoms with Gasteiger partial charge in [0.25, 0.3) is 0 Å². The van der Waals surface area contributed by atoms with Crippen molar-refractivity contribution in [3.63, 3.8) is 0 Å². The molecule has 0 N–H and O–H groups in total. The summed E-state index contributed by atoms with van der Waals surface area (Å²) in [5, 5.41) is 9.10. The first-order chi connectivity index (χ1) is 14.2. The van der Waals surface area contributed by atoms with Gasteiger partial charge in [-0.25, -0.2) is 0 Å². The highest BCUT2D eigenvalue weighted by molar-refractivity contribution is 9.10. The van der Waals surface area contributed by atoms with Gasteiger partial charge in [-0.15, -0.1) is 0 Å². The quantitative estimate of drug-likeness (QED) is 0.437. The lowest BCUT2D eigenvalue weighted by molar-refractivity contribution is 0.371. The first-order valence-electron chi connectivity index (χ1n) is 9.55. The molecule has 3 heteroatoms. The lowest BCUT2D eigenvalue weighted by Gasteiger charge is -2.21. The Labute approximate surface area is 179 Å². The third-order valence-corrected chi connectivity index (χ3v) is 5.72. The molecule has 0 heterocycles. The van der Waals surface area contributed by atoms with Crippen molar-refractivity contribution in [1.82, 2.24) is 0 Å². The van der Waals surface area contributed by atoms with Gasteiger partial charge in [-0.1, -0.05) is 70.5 Å². The summed E-state index contributed by atoms with van der Waals surface area (Å²) in [7, 11) is 1.74. The molecule has 0 unspecified atom stereocenters. The van der Waals surface area contributed by atoms with Gasteiger partial charge in [0.15, 0.2) is 0 Å². The minimum atomic E-state index is 0.672. The van der Waals surface area contributed by atoms with Crippen LogP contribution in [-0.2, 0) is 11.2 Å². The Morgan fingerprint density at radius 2 is 1.59 bits per heavy atom. The summed E-state index contributed by atoms with van der Waals surface area (Å²) >= 11 is 3.52. The van der Waals surface area contributed by atoms with Crippen LogP contribution in [-0.4, -0.2) is 7.11 Å². The molecule has 0 radical (unpaired) electrons. The van der Waals surface area contributed by atoms with Crippen LogP contribution in [0.3, 0.4) is 0 Å². The zero-order chi connectivity index (χ0) is 20.2. The average Bonchev–Trinajstić information content (AvgIpc) is 2.75. The summed E-state index contributed by atoms with van der Waals surface area (Å²) in [6.07, 6.45) is 6.27. The smallest absolute Gasteiger partial charge is 0.134 e. The Kier molecular flexibility index (Phi) is 5.64. The van der Waals surface area contributed by atoms with Crippen LogP contribution in [0.5, 0.6) is 0 Å². The molecule has 1 aliphatic rings. The predicted molar refractivity (Wildman–Crippen MR) is 122 cm³/mol. The van der Waals surface area contributed by atoms with Crippen LogP contribution in [0.25, 0.3) is 22.5 Å². The number of hydrogen-bond donors (Lipinski definition) is 0. The number of rotatable bonds is 3. The Balaban J connectivity index is 1.91. The molecule has 142 valence electrons. The van der Waals surface area contributed by atoms with Crippen molar-refractivity contribution in [3.8, 4) is 17.2 Å². The van der Waals surface area contributed by atoms with Crippen molar-refractivity contribution in [2.45, 2.75) is 12.8 Å². The molecule has 3 aromatic carbocycles. The lowest BCUT2D eigenvalue weighted by Crippen LogP contribution is -2.03. The highest BCUT2D eigenvalue weighted by Gasteiger charge is 2.19. The molecular formula is C26H20BrNO. The van der Waals surface area contributed by atoms with Crippen molar-refractivity contribution in [2.24, 2.45) is 0 Å². The summed E-state index contributed by atoms with van der Waals surface area (Å²) < 4.78 is 7.01. The summed E-state index contributed by atoms with van der Waals surface area (Å²) in [5.41, 5.74) is 7.57. The molecule has 0 aromatic heterocycles. The molecule has 0 aliphatic heterocycles. The average molecular weight is 442 g/mol. The van der Waals surface area contributed by atoms with Gasteiger partial charge in [-0.05, 0) is 59.4 Å². The molecule has 4 rings (SSSR count). The molecule has 0 amide bonds. The number of benzene rings is 3. The molecule has 0 spiro atoms. The van der Waals surface area contributed by atoms with Crippen LogP contribution in [0.4, 0.5) is 0 Å². The van der Waals surface area contributed by atoms with Gasteiger partial charge in [-0.3, -0.25) is 0 Å². The van der Waals surface area contributed by atoms with E-state index < -0.39 is 0 Å². The number of nitrogens with zero attached hydrogens (tertiary/aromatic N) is 1. The molecule has 0 saturated carbocycles. The van der Waals surface area contributed by atoms with Crippen LogP contribution in [0.15, 0.2) is 83.4 Å². The van der Waals surface area contributed by atoms with E-state index in [4.69, 9.17) is 10.00 Å². The fourth-order valence-electron chi connectivity index (χ4n) is 3.79. The second-order valence-corrected chi connectivity index (χ2v) is 7.83. The normalized spacial score (nSPS) is 16.9. The third kappa shape index (κ3) is 3.90. The fraction of sp³-hybridized carbons (Fsp3) is 0.115. The first kappa shape index (κ1) is 19.2. The molecule has 0 atom stereocenters. The van der Waals surface area contributed by atoms with E-state index in [2.05, 4.69) is 76.6 Å². The number of methoxy groups -OCH3 is 1. The Morgan fingerprint density at radius 1 is 0.897 bits per heavy atom. The number of halogens is 1. The molecule has 0 bridgehead atoms. The van der Waals surface area contributed by atoms with Crippen LogP contribution >= 0.6 is 15.9 Å². The van der Waals surface area contributed by atoms with Crippen molar-refractivity contribution in [3.05, 3.63) is 106 Å². The van der Waals surface area contributed by atoms with E-state index in [1.165, 1.54) is 11.1 Å². The maximum absolute atomic E-state index is 9.10. The minimum Gasteiger partial charge on any atom is -0.495 e. The second kappa shape index (κ2) is 8.51. The van der Waals surface area contributed by atoms with E-state index in [1.54, 1.807) is 7.11 Å². The molecule has 1 aliphatic carbocycles. The number of ether oxygens (including phenoxy) is 1. The van der Waals surface area contributed by atoms with Crippen molar-refractivity contribution in [2.75, 3.05) is 7.11 Å². The van der Waals surface area contributed by atoms with Crippen LogP contribution in [0.2, 0.25) is 0 Å². The van der Waals surface area contributed by atoms with E-state index in [0.29, 0.717) is 5.56 Å². The number of hydrogen-bond acceptors (Lipinski definition) is 2. The van der Waals surface area contributed by atoms with Gasteiger partial charge in [0.05, 0.1) is 18.7 Å². The molecule has 0 saturated heterocycles. The topological polar surface area (TPSA) is 33.0 Å². The van der Waals surface area contributed by atoms with Gasteiger partial charge in [0.2, 0.25) is 0 Å². The van der Waals surface area contributed by atoms with Crippen LogP contribution in [0, 0.1) is 11.3 Å². The molecule has 0 fully saturated rings. The van der Waals surface area contributed by atoms with Gasteiger partial charge in [0, 0.05) is 15.6 Å². The van der Waals surface area contributed by atoms with E-state index in [0.717, 1.165) is 45.3 Å². The SMILES string of the molecule is CO/C1=C(c2ccc(Br)cc2)/C=C\CCc2c1cccc2-c1ccc(C#N)cc1. The second-order valence-electron chi connectivity index (χ2n) is 6.92. The standard InChI is InChI=1S/C26H20BrNO/c1-29-26-23(20-13-15-21(27)16-14-20)5-2-3-6-24-22(7-4-8-25(24)26)19-11-9-18(17-28)10-12-19/h2,4-5,7-16H,3,6H2,1H3/b5-2-,26-23-. The van der Waals surface area contributed by atoms with E-state index in [1.807, 2.05) is 24.3 Å². The number of allylic oxidation sites excluding steroid dienone is 3. The van der Waals surface area contributed by atoms with E-state index in [9.17, 15) is 0 Å². The maximum atomic E-state index is 9.10. The van der Waals surface area contributed by atoms with E-state index in [-0.39, 0.29) is 0 Å². The zero-order valence-electron chi connectivity index (χ0n) is 16.2. The molecule has 2 nitrogen and oxygen atoms in total. The van der Waals surface area contributed by atoms with Crippen molar-refractivity contribution in [1.29, 1.82) is 5.26 Å². The largest absolute Gasteiger partial charge is 0.495 e. The summed E-state index contributed by atoms with van der Waals surface area (Å²) in [4.78, 5) is 0. The first-order valence-corrected chi connectivity index (χ1v) is 10.3. The lowest BCUT2D eigenvalue weighted by atomic mass is 9.87. The summed E-state index contributed by atoms with van der Waals surface area (Å²) in [6.45, 7) is 0. The summed E-state index contributed by atoms with van der Waals surface area (Å²) in [6, 6.07) is 24.7. The predicted octanol–water partition coefficient (Wildman–Crippen LogP) is 7.00. The van der Waals surface area contributed by atoms with Crippen molar-refractivity contribution >= 4 is 27.3 Å². The Bertz CT molecular complexity index is 1130. The molecule has 29 heavy (non-hydrogen) atoms. The number of fused-ring (bicyclic) bond motifs is 1. The van der Waals surface area contributed by atoms with Gasteiger partial charge in [-0.2, -0.15) is 5.26 Å². The Morgan fingerprint density at radius 3 is 2.28 bits per heavy atom. The summed E-state index contributed by atoms with van der Waals surface area (Å²) in [5.74, 6) is 0.883. The van der Waals surface area contributed by atoms with Crippen molar-refractivity contribution < 1.29 is 4.74 Å². The molecular weight excluding hydrogens is 422 g/mol. The third-order valence-electron chi connectivity index (χ3n) is 5.20. The highest BCUT2D eigenvalue weighted by Crippen LogP contribution is 2.37. The zero-order valence-corrected chi connectivity index (χ0v) is 17.7. The highest BCUT2D eigenvalue weighted by atomic mass is 79.9. The monoisotopic (exact) mass is 441 g/mol. The van der Waals surface area contributed by atoms with Crippen LogP contribution < -0.4 is 0 Å². The Hall–Kier alpha value is -3.09. The van der Waals surface area contributed by atoms with Gasteiger partial charge >= 0.3 is 0 Å². The minimum absolute atomic E-state index is 0.672. The van der Waals surface area contributed by atoms with E-state index >= 15 is 0 Å².